The van der Waals surface area contributed by atoms with E-state index < -0.39 is 10.0 Å². The van der Waals surface area contributed by atoms with Gasteiger partial charge in [0.2, 0.25) is 5.95 Å². The number of aromatic nitrogens is 3. The molecule has 2 aromatic heterocycles. The van der Waals surface area contributed by atoms with Crippen molar-refractivity contribution in [2.75, 3.05) is 11.4 Å². The molecule has 8 heteroatoms. The average Bonchev–Trinajstić information content (AvgIpc) is 3.00. The standard InChI is InChI=1S/C16H19N5O2S/c1-10-8-9-21(10)16-19-12-5-2-4-11(12)15(20-16)13-6-3-7-14(18-13)24(17,22)23/h3,6-7,10H,2,4-5,8-9H2,1H3,(H2,17,22,23). The molecule has 1 atom stereocenters. The van der Waals surface area contributed by atoms with E-state index in [4.69, 9.17) is 15.1 Å². The first-order valence-electron chi connectivity index (χ1n) is 8.10. The number of nitrogens with zero attached hydrogens (tertiary/aromatic N) is 4. The molecule has 0 amide bonds. The van der Waals surface area contributed by atoms with E-state index in [1.807, 2.05) is 0 Å². The van der Waals surface area contributed by atoms with E-state index in [-0.39, 0.29) is 5.03 Å². The number of rotatable bonds is 3. The van der Waals surface area contributed by atoms with Gasteiger partial charge in [-0.3, -0.25) is 0 Å². The maximum Gasteiger partial charge on any atom is 0.255 e. The van der Waals surface area contributed by atoms with Gasteiger partial charge in [0.25, 0.3) is 10.0 Å². The highest BCUT2D eigenvalue weighted by Gasteiger charge is 2.29. The van der Waals surface area contributed by atoms with Crippen LogP contribution in [0.1, 0.15) is 31.0 Å². The minimum Gasteiger partial charge on any atom is -0.338 e. The molecule has 0 bridgehead atoms. The first kappa shape index (κ1) is 15.5. The molecule has 7 nitrogen and oxygen atoms in total. The monoisotopic (exact) mass is 345 g/mol. The van der Waals surface area contributed by atoms with E-state index in [1.54, 1.807) is 12.1 Å². The first-order chi connectivity index (χ1) is 11.4. The van der Waals surface area contributed by atoms with Crippen LogP contribution in [-0.4, -0.2) is 36.0 Å². The number of hydrogen-bond donors (Lipinski definition) is 1. The smallest absolute Gasteiger partial charge is 0.255 e. The molecule has 1 aliphatic heterocycles. The van der Waals surface area contributed by atoms with Crippen LogP contribution in [0.4, 0.5) is 5.95 Å². The lowest BCUT2D eigenvalue weighted by molar-refractivity contribution is 0.470. The normalized spacial score (nSPS) is 19.9. The number of fused-ring (bicyclic) bond motifs is 1. The van der Waals surface area contributed by atoms with Gasteiger partial charge >= 0.3 is 0 Å². The van der Waals surface area contributed by atoms with Crippen molar-refractivity contribution in [1.82, 2.24) is 15.0 Å². The lowest BCUT2D eigenvalue weighted by Gasteiger charge is -2.39. The molecule has 3 heterocycles. The van der Waals surface area contributed by atoms with Crippen LogP contribution in [0.25, 0.3) is 11.4 Å². The quantitative estimate of drug-likeness (QED) is 0.899. The molecule has 1 saturated heterocycles. The Hall–Kier alpha value is -2.06. The van der Waals surface area contributed by atoms with Crippen molar-refractivity contribution in [2.45, 2.75) is 43.7 Å². The van der Waals surface area contributed by atoms with Crippen LogP contribution < -0.4 is 10.0 Å². The first-order valence-corrected chi connectivity index (χ1v) is 9.65. The van der Waals surface area contributed by atoms with Crippen molar-refractivity contribution in [1.29, 1.82) is 0 Å². The van der Waals surface area contributed by atoms with Gasteiger partial charge in [-0.05, 0) is 44.7 Å². The van der Waals surface area contributed by atoms with Crippen LogP contribution in [0, 0.1) is 0 Å². The van der Waals surface area contributed by atoms with Crippen LogP contribution in [0.2, 0.25) is 0 Å². The summed E-state index contributed by atoms with van der Waals surface area (Å²) < 4.78 is 23.2. The molecule has 2 aliphatic rings. The highest BCUT2D eigenvalue weighted by atomic mass is 32.2. The predicted octanol–water partition coefficient (Wildman–Crippen LogP) is 1.27. The molecular weight excluding hydrogens is 326 g/mol. The summed E-state index contributed by atoms with van der Waals surface area (Å²) in [4.78, 5) is 15.9. The summed E-state index contributed by atoms with van der Waals surface area (Å²) >= 11 is 0. The van der Waals surface area contributed by atoms with Crippen molar-refractivity contribution in [3.63, 3.8) is 0 Å². The van der Waals surface area contributed by atoms with Gasteiger partial charge in [-0.15, -0.1) is 0 Å². The van der Waals surface area contributed by atoms with Crippen molar-refractivity contribution >= 4 is 16.0 Å². The third kappa shape index (κ3) is 2.55. The molecule has 0 aromatic carbocycles. The van der Waals surface area contributed by atoms with Crippen LogP contribution in [0.3, 0.4) is 0 Å². The van der Waals surface area contributed by atoms with Crippen molar-refractivity contribution in [3.05, 3.63) is 29.5 Å². The highest BCUT2D eigenvalue weighted by Crippen LogP contribution is 2.33. The van der Waals surface area contributed by atoms with E-state index in [1.165, 1.54) is 6.07 Å². The highest BCUT2D eigenvalue weighted by molar-refractivity contribution is 7.89. The number of nitrogens with two attached hydrogens (primary N) is 1. The van der Waals surface area contributed by atoms with Gasteiger partial charge in [0.15, 0.2) is 5.03 Å². The molecule has 1 fully saturated rings. The number of hydrogen-bond acceptors (Lipinski definition) is 6. The van der Waals surface area contributed by atoms with E-state index in [9.17, 15) is 8.42 Å². The Morgan fingerprint density at radius 2 is 2.04 bits per heavy atom. The second-order valence-electron chi connectivity index (χ2n) is 6.39. The maximum absolute atomic E-state index is 11.6. The predicted molar refractivity (Wildman–Crippen MR) is 90.1 cm³/mol. The van der Waals surface area contributed by atoms with Gasteiger partial charge in [-0.1, -0.05) is 6.07 Å². The van der Waals surface area contributed by atoms with Crippen molar-refractivity contribution in [3.8, 4) is 11.4 Å². The molecule has 1 aliphatic carbocycles. The van der Waals surface area contributed by atoms with Crippen LogP contribution >= 0.6 is 0 Å². The minimum absolute atomic E-state index is 0.135. The molecule has 1 unspecified atom stereocenters. The molecule has 2 aromatic rings. The summed E-state index contributed by atoms with van der Waals surface area (Å²) in [7, 11) is -3.84. The Labute approximate surface area is 141 Å². The summed E-state index contributed by atoms with van der Waals surface area (Å²) in [5.74, 6) is 0.715. The van der Waals surface area contributed by atoms with Gasteiger partial charge in [0.1, 0.15) is 0 Å². The zero-order chi connectivity index (χ0) is 16.9. The average molecular weight is 345 g/mol. The summed E-state index contributed by atoms with van der Waals surface area (Å²) in [6.07, 6.45) is 3.98. The number of aryl methyl sites for hydroxylation is 1. The zero-order valence-electron chi connectivity index (χ0n) is 13.4. The topological polar surface area (TPSA) is 102 Å². The second kappa shape index (κ2) is 5.49. The van der Waals surface area contributed by atoms with Gasteiger partial charge < -0.3 is 4.90 Å². The summed E-state index contributed by atoms with van der Waals surface area (Å²) in [6.45, 7) is 3.10. The molecular formula is C16H19N5O2S. The Kier molecular flexibility index (Phi) is 3.54. The number of sulfonamides is 1. The fourth-order valence-electron chi connectivity index (χ4n) is 3.28. The van der Waals surface area contributed by atoms with E-state index in [0.717, 1.165) is 49.2 Å². The summed E-state index contributed by atoms with van der Waals surface area (Å²) in [6, 6.07) is 5.26. The van der Waals surface area contributed by atoms with Crippen LogP contribution in [-0.2, 0) is 22.9 Å². The molecule has 0 saturated carbocycles. The van der Waals surface area contributed by atoms with Crippen LogP contribution in [0.5, 0.6) is 0 Å². The number of primary sulfonamides is 1. The molecule has 4 rings (SSSR count). The van der Waals surface area contributed by atoms with Gasteiger partial charge in [-0.2, -0.15) is 0 Å². The van der Waals surface area contributed by atoms with E-state index in [2.05, 4.69) is 16.8 Å². The fourth-order valence-corrected chi connectivity index (χ4v) is 3.77. The zero-order valence-corrected chi connectivity index (χ0v) is 14.3. The molecule has 24 heavy (non-hydrogen) atoms. The number of anilines is 1. The summed E-state index contributed by atoms with van der Waals surface area (Å²) in [5, 5.41) is 5.08. The Morgan fingerprint density at radius 3 is 2.71 bits per heavy atom. The van der Waals surface area contributed by atoms with E-state index in [0.29, 0.717) is 17.7 Å². The van der Waals surface area contributed by atoms with Crippen LogP contribution in [0.15, 0.2) is 23.2 Å². The number of pyridine rings is 1. The molecule has 0 radical (unpaired) electrons. The second-order valence-corrected chi connectivity index (χ2v) is 7.90. The molecule has 126 valence electrons. The SMILES string of the molecule is CC1CCN1c1nc2c(c(-c3cccc(S(N)(=O)=O)n3)n1)CCC2. The van der Waals surface area contributed by atoms with Gasteiger partial charge in [0.05, 0.1) is 11.4 Å². The lowest BCUT2D eigenvalue weighted by Crippen LogP contribution is -2.46. The van der Waals surface area contributed by atoms with Gasteiger partial charge in [-0.25, -0.2) is 28.5 Å². The Bertz CT molecular complexity index is 913. The maximum atomic E-state index is 11.6. The van der Waals surface area contributed by atoms with Crippen molar-refractivity contribution in [2.24, 2.45) is 5.14 Å². The minimum atomic E-state index is -3.84. The third-order valence-electron chi connectivity index (χ3n) is 4.76. The van der Waals surface area contributed by atoms with Crippen molar-refractivity contribution < 1.29 is 8.42 Å². The largest absolute Gasteiger partial charge is 0.338 e. The Balaban J connectivity index is 1.86. The lowest BCUT2D eigenvalue weighted by atomic mass is 10.1. The summed E-state index contributed by atoms with van der Waals surface area (Å²) in [5.41, 5.74) is 3.40. The van der Waals surface area contributed by atoms with E-state index >= 15 is 0 Å². The fraction of sp³-hybridized carbons (Fsp3) is 0.438. The molecule has 0 spiro atoms. The van der Waals surface area contributed by atoms with Gasteiger partial charge in [0, 0.05) is 23.8 Å². The Morgan fingerprint density at radius 1 is 1.21 bits per heavy atom. The third-order valence-corrected chi connectivity index (χ3v) is 5.57. The molecule has 2 N–H and O–H groups in total.